The molecule has 0 spiro atoms. The number of carbonyl (C=O) groups is 1. The monoisotopic (exact) mass is 442 g/mol. The molecule has 0 aromatic heterocycles. The molecular formula is C26H38N2O4. The maximum Gasteiger partial charge on any atom is 0.255 e. The largest absolute Gasteiger partial charge is 0.497 e. The van der Waals surface area contributed by atoms with Crippen molar-refractivity contribution in [1.29, 1.82) is 0 Å². The number of ether oxygens (including phenoxy) is 2. The molecule has 1 aromatic rings. The zero-order valence-corrected chi connectivity index (χ0v) is 19.4. The van der Waals surface area contributed by atoms with Gasteiger partial charge in [-0.05, 0) is 56.7 Å². The maximum absolute atomic E-state index is 13.0. The second-order valence-electron chi connectivity index (χ2n) is 9.05. The summed E-state index contributed by atoms with van der Waals surface area (Å²) >= 11 is 0. The van der Waals surface area contributed by atoms with Crippen LogP contribution in [0.15, 0.2) is 43.5 Å². The van der Waals surface area contributed by atoms with Crippen LogP contribution in [0.3, 0.4) is 0 Å². The molecule has 2 fully saturated rings. The predicted molar refractivity (Wildman–Crippen MR) is 127 cm³/mol. The molecule has 176 valence electrons. The highest BCUT2D eigenvalue weighted by atomic mass is 16.5. The van der Waals surface area contributed by atoms with Gasteiger partial charge in [-0.1, -0.05) is 25.0 Å². The fourth-order valence-electron chi connectivity index (χ4n) is 4.83. The quantitative estimate of drug-likeness (QED) is 0.505. The number of nitrogens with one attached hydrogen (secondary N) is 1. The summed E-state index contributed by atoms with van der Waals surface area (Å²) in [5.41, 5.74) is -0.686. The van der Waals surface area contributed by atoms with Crippen molar-refractivity contribution in [2.45, 2.75) is 69.1 Å². The third-order valence-electron chi connectivity index (χ3n) is 6.67. The van der Waals surface area contributed by atoms with Gasteiger partial charge in [-0.2, -0.15) is 0 Å². The van der Waals surface area contributed by atoms with Crippen LogP contribution in [0.4, 0.5) is 0 Å². The molecule has 2 aliphatic rings. The van der Waals surface area contributed by atoms with E-state index >= 15 is 0 Å². The third-order valence-corrected chi connectivity index (χ3v) is 6.67. The average Bonchev–Trinajstić information content (AvgIpc) is 3.34. The summed E-state index contributed by atoms with van der Waals surface area (Å²) in [6.07, 6.45) is 11.4. The Morgan fingerprint density at radius 3 is 2.44 bits per heavy atom. The van der Waals surface area contributed by atoms with Gasteiger partial charge < -0.3 is 24.8 Å². The molecule has 0 radical (unpaired) electrons. The lowest BCUT2D eigenvalue weighted by Gasteiger charge is -2.36. The van der Waals surface area contributed by atoms with E-state index in [1.165, 1.54) is 25.7 Å². The van der Waals surface area contributed by atoms with Crippen LogP contribution in [0, 0.1) is 0 Å². The molecule has 1 saturated heterocycles. The Balaban J connectivity index is 1.65. The Morgan fingerprint density at radius 2 is 1.84 bits per heavy atom. The predicted octanol–water partition coefficient (Wildman–Crippen LogP) is 4.09. The van der Waals surface area contributed by atoms with Gasteiger partial charge in [0, 0.05) is 25.7 Å². The lowest BCUT2D eigenvalue weighted by atomic mass is 9.95. The molecule has 0 bridgehead atoms. The molecule has 1 heterocycles. The van der Waals surface area contributed by atoms with Crippen molar-refractivity contribution in [2.75, 3.05) is 26.7 Å². The molecule has 2 N–H and O–H groups in total. The Bertz CT molecular complexity index is 770. The number of benzene rings is 1. The van der Waals surface area contributed by atoms with Crippen LogP contribution in [0.1, 0.15) is 61.7 Å². The van der Waals surface area contributed by atoms with Crippen molar-refractivity contribution >= 4 is 5.91 Å². The van der Waals surface area contributed by atoms with Gasteiger partial charge >= 0.3 is 0 Å². The first-order chi connectivity index (χ1) is 15.5. The van der Waals surface area contributed by atoms with E-state index in [9.17, 15) is 9.90 Å². The van der Waals surface area contributed by atoms with E-state index in [-0.39, 0.29) is 18.6 Å². The summed E-state index contributed by atoms with van der Waals surface area (Å²) in [6.45, 7) is 9.58. The van der Waals surface area contributed by atoms with E-state index in [2.05, 4.69) is 23.4 Å². The average molecular weight is 443 g/mol. The second-order valence-corrected chi connectivity index (χ2v) is 9.05. The molecule has 6 heteroatoms. The van der Waals surface area contributed by atoms with E-state index in [1.807, 2.05) is 6.07 Å². The SMILES string of the molecule is C=CCC(O)(CC=C)CNC(=O)c1cc(OC)ccc1OC1CCN(C2CCCC2)CC1. The van der Waals surface area contributed by atoms with E-state index in [0.29, 0.717) is 29.9 Å². The second kappa shape index (κ2) is 11.5. The fraction of sp³-hybridized carbons (Fsp3) is 0.577. The molecule has 32 heavy (non-hydrogen) atoms. The minimum atomic E-state index is -1.11. The smallest absolute Gasteiger partial charge is 0.255 e. The van der Waals surface area contributed by atoms with Crippen LogP contribution in [-0.2, 0) is 0 Å². The number of hydrogen-bond donors (Lipinski definition) is 2. The zero-order valence-electron chi connectivity index (χ0n) is 19.4. The van der Waals surface area contributed by atoms with E-state index in [1.54, 1.807) is 31.4 Å². The normalized spacial score (nSPS) is 18.3. The van der Waals surface area contributed by atoms with Gasteiger partial charge in [0.2, 0.25) is 0 Å². The highest BCUT2D eigenvalue weighted by Crippen LogP contribution is 2.30. The number of aliphatic hydroxyl groups is 1. The fourth-order valence-corrected chi connectivity index (χ4v) is 4.83. The van der Waals surface area contributed by atoms with Crippen LogP contribution < -0.4 is 14.8 Å². The van der Waals surface area contributed by atoms with Crippen molar-refractivity contribution in [3.8, 4) is 11.5 Å². The number of hydrogen-bond acceptors (Lipinski definition) is 5. The highest BCUT2D eigenvalue weighted by molar-refractivity contribution is 5.97. The Hall–Kier alpha value is -2.31. The molecule has 1 aliphatic carbocycles. The number of piperidine rings is 1. The zero-order chi connectivity index (χ0) is 23.0. The van der Waals surface area contributed by atoms with Crippen molar-refractivity contribution in [2.24, 2.45) is 0 Å². The van der Waals surface area contributed by atoms with Gasteiger partial charge in [0.25, 0.3) is 5.91 Å². The van der Waals surface area contributed by atoms with Gasteiger partial charge in [-0.25, -0.2) is 0 Å². The molecule has 3 rings (SSSR count). The highest BCUT2D eigenvalue weighted by Gasteiger charge is 2.29. The molecule has 1 aromatic carbocycles. The first-order valence-corrected chi connectivity index (χ1v) is 11.8. The Kier molecular flexibility index (Phi) is 8.76. The summed E-state index contributed by atoms with van der Waals surface area (Å²) in [5.74, 6) is 0.846. The standard InChI is InChI=1S/C26H38N2O4/c1-4-14-26(30,15-5-2)19-27-25(29)23-18-22(31-3)10-11-24(23)32-21-12-16-28(17-13-21)20-8-6-7-9-20/h4-5,10-11,18,20-21,30H,1-2,6-9,12-17,19H2,3H3,(H,27,29). The number of carbonyl (C=O) groups excluding carboxylic acids is 1. The van der Waals surface area contributed by atoms with Gasteiger partial charge in [-0.15, -0.1) is 13.2 Å². The van der Waals surface area contributed by atoms with Crippen LogP contribution in [-0.4, -0.2) is 60.4 Å². The van der Waals surface area contributed by atoms with Gasteiger partial charge in [0.1, 0.15) is 17.6 Å². The Labute approximate surface area is 192 Å². The molecule has 1 aliphatic heterocycles. The Morgan fingerprint density at radius 1 is 1.19 bits per heavy atom. The molecule has 1 amide bonds. The molecule has 1 saturated carbocycles. The van der Waals surface area contributed by atoms with Gasteiger partial charge in [0.15, 0.2) is 0 Å². The number of amides is 1. The molecule has 0 atom stereocenters. The van der Waals surface area contributed by atoms with Gasteiger partial charge in [0.05, 0.1) is 18.3 Å². The number of rotatable bonds is 11. The van der Waals surface area contributed by atoms with Crippen LogP contribution in [0.5, 0.6) is 11.5 Å². The number of nitrogens with zero attached hydrogens (tertiary/aromatic N) is 1. The van der Waals surface area contributed by atoms with Crippen LogP contribution in [0.2, 0.25) is 0 Å². The summed E-state index contributed by atoms with van der Waals surface area (Å²) in [6, 6.07) is 6.05. The van der Waals surface area contributed by atoms with Crippen LogP contribution in [0.25, 0.3) is 0 Å². The van der Waals surface area contributed by atoms with Crippen molar-refractivity contribution in [1.82, 2.24) is 10.2 Å². The lowest BCUT2D eigenvalue weighted by Crippen LogP contribution is -2.43. The first-order valence-electron chi connectivity index (χ1n) is 11.8. The first kappa shape index (κ1) is 24.3. The van der Waals surface area contributed by atoms with Gasteiger partial charge in [-0.3, -0.25) is 4.79 Å². The summed E-state index contributed by atoms with van der Waals surface area (Å²) < 4.78 is 11.6. The van der Waals surface area contributed by atoms with E-state index in [4.69, 9.17) is 9.47 Å². The number of methoxy groups -OCH3 is 1. The van der Waals surface area contributed by atoms with Crippen molar-refractivity contribution in [3.63, 3.8) is 0 Å². The molecule has 6 nitrogen and oxygen atoms in total. The van der Waals surface area contributed by atoms with Crippen LogP contribution >= 0.6 is 0 Å². The van der Waals surface area contributed by atoms with E-state index < -0.39 is 5.60 Å². The van der Waals surface area contributed by atoms with Crippen molar-refractivity contribution < 1.29 is 19.4 Å². The summed E-state index contributed by atoms with van der Waals surface area (Å²) in [5, 5.41) is 13.6. The molecule has 0 unspecified atom stereocenters. The molecular weight excluding hydrogens is 404 g/mol. The van der Waals surface area contributed by atoms with E-state index in [0.717, 1.165) is 32.0 Å². The minimum absolute atomic E-state index is 0.0889. The maximum atomic E-state index is 13.0. The topological polar surface area (TPSA) is 71.0 Å². The third kappa shape index (κ3) is 6.36. The lowest BCUT2D eigenvalue weighted by molar-refractivity contribution is 0.0434. The summed E-state index contributed by atoms with van der Waals surface area (Å²) in [4.78, 5) is 15.6. The summed E-state index contributed by atoms with van der Waals surface area (Å²) in [7, 11) is 1.57. The minimum Gasteiger partial charge on any atom is -0.497 e. The van der Waals surface area contributed by atoms with Crippen molar-refractivity contribution in [3.05, 3.63) is 49.1 Å². The number of likely N-dealkylation sites (tertiary alicyclic amines) is 1.